The Kier molecular flexibility index (Phi) is 15.1. The molecule has 2 aromatic rings. The van der Waals surface area contributed by atoms with Gasteiger partial charge < -0.3 is 0 Å². The molecule has 0 saturated heterocycles. The van der Waals surface area contributed by atoms with Crippen LogP contribution in [0.15, 0.2) is 36.4 Å². The van der Waals surface area contributed by atoms with Crippen molar-refractivity contribution in [3.05, 3.63) is 58.7 Å². The van der Waals surface area contributed by atoms with Gasteiger partial charge in [-0.05, 0) is 65.5 Å². The Bertz CT molecular complexity index is 789. The van der Waals surface area contributed by atoms with Crippen molar-refractivity contribution in [2.75, 3.05) is 0 Å². The van der Waals surface area contributed by atoms with E-state index in [1.165, 1.54) is 152 Å². The third kappa shape index (κ3) is 11.4. The summed E-state index contributed by atoms with van der Waals surface area (Å²) in [5, 5.41) is 0. The summed E-state index contributed by atoms with van der Waals surface area (Å²) in [6.45, 7) is 4.60. The van der Waals surface area contributed by atoms with E-state index in [2.05, 4.69) is 50.2 Å². The minimum Gasteiger partial charge on any atom is -0.0654 e. The normalized spacial score (nSPS) is 12.2. The maximum atomic E-state index is 2.52. The lowest BCUT2D eigenvalue weighted by atomic mass is 9.98. The Morgan fingerprint density at radius 1 is 0.405 bits per heavy atom. The largest absolute Gasteiger partial charge is 0.0654 e. The van der Waals surface area contributed by atoms with E-state index in [-0.39, 0.29) is 0 Å². The number of benzene rings is 2. The first-order chi connectivity index (χ1) is 18.3. The van der Waals surface area contributed by atoms with Crippen LogP contribution in [0, 0.1) is 0 Å². The van der Waals surface area contributed by atoms with E-state index >= 15 is 0 Å². The van der Waals surface area contributed by atoms with E-state index in [4.69, 9.17) is 0 Å². The first kappa shape index (κ1) is 30.0. The van der Waals surface area contributed by atoms with Gasteiger partial charge in [0, 0.05) is 0 Å². The van der Waals surface area contributed by atoms with Gasteiger partial charge in [0.2, 0.25) is 0 Å². The number of fused-ring (bicyclic) bond motifs is 3. The molecule has 0 unspecified atom stereocenters. The second-order valence-electron chi connectivity index (χ2n) is 12.0. The third-order valence-corrected chi connectivity index (χ3v) is 8.65. The highest BCUT2D eigenvalue weighted by Crippen LogP contribution is 2.38. The van der Waals surface area contributed by atoms with Crippen molar-refractivity contribution in [1.29, 1.82) is 0 Å². The Hall–Kier alpha value is -1.56. The Balaban J connectivity index is 1.29. The second-order valence-corrected chi connectivity index (χ2v) is 12.0. The topological polar surface area (TPSA) is 0 Å². The van der Waals surface area contributed by atoms with Crippen LogP contribution in [-0.4, -0.2) is 0 Å². The zero-order chi connectivity index (χ0) is 26.0. The minimum atomic E-state index is 1.14. The highest BCUT2D eigenvalue weighted by Gasteiger charge is 2.18. The van der Waals surface area contributed by atoms with Crippen LogP contribution in [0.25, 0.3) is 11.1 Å². The van der Waals surface area contributed by atoms with Crippen molar-refractivity contribution in [3.63, 3.8) is 0 Å². The van der Waals surface area contributed by atoms with E-state index in [9.17, 15) is 0 Å². The molecule has 1 aliphatic carbocycles. The molecule has 0 N–H and O–H groups in total. The zero-order valence-electron chi connectivity index (χ0n) is 24.7. The number of hydrogen-bond donors (Lipinski definition) is 0. The molecule has 37 heavy (non-hydrogen) atoms. The average molecular weight is 503 g/mol. The summed E-state index contributed by atoms with van der Waals surface area (Å²) >= 11 is 0. The molecule has 0 nitrogen and oxygen atoms in total. The van der Waals surface area contributed by atoms with Crippen molar-refractivity contribution in [2.24, 2.45) is 0 Å². The molecule has 3 rings (SSSR count). The summed E-state index contributed by atoms with van der Waals surface area (Å²) in [6.07, 6.45) is 32.0. The first-order valence-electron chi connectivity index (χ1n) is 16.6. The van der Waals surface area contributed by atoms with Crippen molar-refractivity contribution in [2.45, 2.75) is 162 Å². The van der Waals surface area contributed by atoms with Crippen LogP contribution < -0.4 is 0 Å². The van der Waals surface area contributed by atoms with Gasteiger partial charge in [-0.25, -0.2) is 0 Å². The molecule has 0 amide bonds. The van der Waals surface area contributed by atoms with Gasteiger partial charge in [-0.2, -0.15) is 0 Å². The molecule has 0 atom stereocenters. The van der Waals surface area contributed by atoms with Crippen LogP contribution in [0.2, 0.25) is 0 Å². The first-order valence-corrected chi connectivity index (χ1v) is 16.6. The summed E-state index contributed by atoms with van der Waals surface area (Å²) in [4.78, 5) is 0. The summed E-state index contributed by atoms with van der Waals surface area (Å²) in [7, 11) is 0. The standard InChI is InChI=1S/C37H58/c1-3-5-7-9-11-13-15-17-19-21-23-32-25-27-36-34(29-32)31-35-30-33(26-28-37(35)36)24-22-20-18-16-14-12-10-8-6-4-2/h25-30H,3-24,31H2,1-2H3. The van der Waals surface area contributed by atoms with Crippen LogP contribution >= 0.6 is 0 Å². The highest BCUT2D eigenvalue weighted by atomic mass is 14.2. The zero-order valence-corrected chi connectivity index (χ0v) is 24.7. The van der Waals surface area contributed by atoms with Crippen molar-refractivity contribution < 1.29 is 0 Å². The SMILES string of the molecule is CCCCCCCCCCCCc1ccc2c(c1)Cc1cc(CCCCCCCCCCCC)ccc1-2. The van der Waals surface area contributed by atoms with Gasteiger partial charge in [-0.1, -0.05) is 166 Å². The van der Waals surface area contributed by atoms with Crippen LogP contribution in [0.3, 0.4) is 0 Å². The molecule has 0 spiro atoms. The van der Waals surface area contributed by atoms with Crippen molar-refractivity contribution in [3.8, 4) is 11.1 Å². The van der Waals surface area contributed by atoms with Crippen LogP contribution in [-0.2, 0) is 19.3 Å². The van der Waals surface area contributed by atoms with Crippen LogP contribution in [0.1, 0.15) is 165 Å². The van der Waals surface area contributed by atoms with Gasteiger partial charge >= 0.3 is 0 Å². The van der Waals surface area contributed by atoms with Gasteiger partial charge in [-0.3, -0.25) is 0 Å². The van der Waals surface area contributed by atoms with Gasteiger partial charge in [0.05, 0.1) is 0 Å². The average Bonchev–Trinajstić information content (AvgIpc) is 3.27. The summed E-state index contributed by atoms with van der Waals surface area (Å²) in [6, 6.07) is 14.7. The van der Waals surface area contributed by atoms with Gasteiger partial charge in [0.25, 0.3) is 0 Å². The second kappa shape index (κ2) is 18.7. The molecular weight excluding hydrogens is 444 g/mol. The highest BCUT2D eigenvalue weighted by molar-refractivity contribution is 5.77. The number of rotatable bonds is 22. The Morgan fingerprint density at radius 3 is 1.08 bits per heavy atom. The molecule has 206 valence electrons. The van der Waals surface area contributed by atoms with E-state index in [0.717, 1.165) is 6.42 Å². The predicted octanol–water partition coefficient (Wildman–Crippen LogP) is 12.2. The molecule has 0 fully saturated rings. The Labute approximate surface area is 231 Å². The maximum absolute atomic E-state index is 2.52. The quantitative estimate of drug-likeness (QED) is 0.120. The fourth-order valence-electron chi connectivity index (χ4n) is 6.26. The Morgan fingerprint density at radius 2 is 0.730 bits per heavy atom. The molecule has 0 heteroatoms. The predicted molar refractivity (Wildman–Crippen MR) is 166 cm³/mol. The lowest BCUT2D eigenvalue weighted by Gasteiger charge is -2.07. The lowest BCUT2D eigenvalue weighted by Crippen LogP contribution is -1.90. The van der Waals surface area contributed by atoms with Crippen LogP contribution in [0.4, 0.5) is 0 Å². The smallest absolute Gasteiger partial charge is 0.00133 e. The summed E-state index contributed by atoms with van der Waals surface area (Å²) in [5.74, 6) is 0. The summed E-state index contributed by atoms with van der Waals surface area (Å²) in [5.41, 5.74) is 9.22. The molecule has 0 bridgehead atoms. The van der Waals surface area contributed by atoms with Crippen LogP contribution in [0.5, 0.6) is 0 Å². The molecule has 1 aliphatic rings. The molecule has 0 aromatic heterocycles. The molecule has 2 aromatic carbocycles. The molecule has 0 aliphatic heterocycles. The van der Waals surface area contributed by atoms with Gasteiger partial charge in [0.1, 0.15) is 0 Å². The van der Waals surface area contributed by atoms with E-state index in [1.54, 1.807) is 22.3 Å². The molecule has 0 radical (unpaired) electrons. The summed E-state index contributed by atoms with van der Waals surface area (Å²) < 4.78 is 0. The fourth-order valence-corrected chi connectivity index (χ4v) is 6.26. The van der Waals surface area contributed by atoms with E-state index < -0.39 is 0 Å². The fraction of sp³-hybridized carbons (Fsp3) is 0.676. The third-order valence-electron chi connectivity index (χ3n) is 8.65. The molecule has 0 heterocycles. The monoisotopic (exact) mass is 502 g/mol. The number of hydrogen-bond acceptors (Lipinski definition) is 0. The van der Waals surface area contributed by atoms with Crippen molar-refractivity contribution >= 4 is 0 Å². The minimum absolute atomic E-state index is 1.14. The maximum Gasteiger partial charge on any atom is -0.00133 e. The van der Waals surface area contributed by atoms with Gasteiger partial charge in [0.15, 0.2) is 0 Å². The molecular formula is C37H58. The number of aryl methyl sites for hydroxylation is 2. The lowest BCUT2D eigenvalue weighted by molar-refractivity contribution is 0.556. The van der Waals surface area contributed by atoms with Crippen molar-refractivity contribution in [1.82, 2.24) is 0 Å². The van der Waals surface area contributed by atoms with E-state index in [1.807, 2.05) is 0 Å². The number of unbranched alkanes of at least 4 members (excludes halogenated alkanes) is 18. The molecule has 0 saturated carbocycles. The van der Waals surface area contributed by atoms with Gasteiger partial charge in [-0.15, -0.1) is 0 Å². The van der Waals surface area contributed by atoms with E-state index in [0.29, 0.717) is 0 Å².